The minimum Gasteiger partial charge on any atom is -0.481 e. The first-order valence-corrected chi connectivity index (χ1v) is 5.41. The lowest BCUT2D eigenvalue weighted by atomic mass is 9.97. The molecule has 0 aromatic heterocycles. The molecule has 0 fully saturated rings. The van der Waals surface area contributed by atoms with E-state index in [4.69, 9.17) is 10.8 Å². The Morgan fingerprint density at radius 1 is 1.31 bits per heavy atom. The van der Waals surface area contributed by atoms with Gasteiger partial charge in [0, 0.05) is 17.0 Å². The number of hydrogen-bond donors (Lipinski definition) is 2. The highest BCUT2D eigenvalue weighted by Gasteiger charge is 2.27. The molecular weight excluding hydrogens is 186 g/mol. The van der Waals surface area contributed by atoms with Crippen LogP contribution in [-0.4, -0.2) is 28.1 Å². The summed E-state index contributed by atoms with van der Waals surface area (Å²) in [5.74, 6) is 0.627. The number of hydrogen-bond acceptors (Lipinski definition) is 3. The van der Waals surface area contributed by atoms with Gasteiger partial charge in [0.2, 0.25) is 0 Å². The Balaban J connectivity index is 3.84. The number of aliphatic carboxylic acids is 1. The molecule has 3 N–H and O–H groups in total. The van der Waals surface area contributed by atoms with Crippen LogP contribution in [0.3, 0.4) is 0 Å². The van der Waals surface area contributed by atoms with Crippen molar-refractivity contribution in [2.45, 2.75) is 33.2 Å². The average molecular weight is 205 g/mol. The van der Waals surface area contributed by atoms with Crippen LogP contribution in [0.25, 0.3) is 0 Å². The van der Waals surface area contributed by atoms with E-state index in [2.05, 4.69) is 0 Å². The van der Waals surface area contributed by atoms with Gasteiger partial charge in [-0.05, 0) is 27.7 Å². The van der Waals surface area contributed by atoms with Crippen LogP contribution in [0, 0.1) is 5.41 Å². The standard InChI is InChI=1S/C9H19NO2S/c1-8(2,7(11)12)5-13-6-9(3,4)10/h5-6,10H2,1-4H3,(H,11,12). The second-order valence-electron chi connectivity index (χ2n) is 4.67. The molecule has 0 aliphatic rings. The van der Waals surface area contributed by atoms with Crippen LogP contribution in [0.2, 0.25) is 0 Å². The van der Waals surface area contributed by atoms with Gasteiger partial charge in [0.1, 0.15) is 0 Å². The van der Waals surface area contributed by atoms with Gasteiger partial charge in [-0.1, -0.05) is 0 Å². The van der Waals surface area contributed by atoms with Gasteiger partial charge in [0.05, 0.1) is 5.41 Å². The number of carboxylic acids is 1. The molecule has 0 aromatic carbocycles. The first-order chi connectivity index (χ1) is 5.65. The van der Waals surface area contributed by atoms with Gasteiger partial charge in [-0.15, -0.1) is 0 Å². The summed E-state index contributed by atoms with van der Waals surface area (Å²) in [6.07, 6.45) is 0. The van der Waals surface area contributed by atoms with Gasteiger partial charge in [-0.25, -0.2) is 0 Å². The fourth-order valence-corrected chi connectivity index (χ4v) is 1.89. The molecule has 78 valence electrons. The van der Waals surface area contributed by atoms with Gasteiger partial charge < -0.3 is 10.8 Å². The van der Waals surface area contributed by atoms with Gasteiger partial charge in [0.25, 0.3) is 0 Å². The van der Waals surface area contributed by atoms with E-state index < -0.39 is 11.4 Å². The van der Waals surface area contributed by atoms with Crippen LogP contribution in [0.4, 0.5) is 0 Å². The zero-order valence-corrected chi connectivity index (χ0v) is 9.57. The second kappa shape index (κ2) is 4.33. The highest BCUT2D eigenvalue weighted by atomic mass is 32.2. The van der Waals surface area contributed by atoms with Crippen LogP contribution in [0.5, 0.6) is 0 Å². The summed E-state index contributed by atoms with van der Waals surface area (Å²) in [6, 6.07) is 0. The van der Waals surface area contributed by atoms with Crippen molar-refractivity contribution in [3.05, 3.63) is 0 Å². The highest BCUT2D eigenvalue weighted by molar-refractivity contribution is 7.99. The first kappa shape index (κ1) is 12.8. The number of thioether (sulfide) groups is 1. The number of carboxylic acid groups (broad SMARTS) is 1. The Hall–Kier alpha value is -0.220. The van der Waals surface area contributed by atoms with Crippen molar-refractivity contribution in [1.29, 1.82) is 0 Å². The molecule has 0 saturated heterocycles. The molecule has 3 nitrogen and oxygen atoms in total. The molecule has 0 aromatic rings. The van der Waals surface area contributed by atoms with E-state index in [0.717, 1.165) is 5.75 Å². The Morgan fingerprint density at radius 2 is 1.77 bits per heavy atom. The molecule has 0 rings (SSSR count). The zero-order chi connectivity index (χ0) is 10.7. The third-order valence-corrected chi connectivity index (χ3v) is 3.39. The minimum atomic E-state index is -0.755. The Bertz CT molecular complexity index is 185. The maximum absolute atomic E-state index is 10.7. The van der Waals surface area contributed by atoms with Crippen LogP contribution in [-0.2, 0) is 4.79 Å². The van der Waals surface area contributed by atoms with E-state index >= 15 is 0 Å². The summed E-state index contributed by atoms with van der Waals surface area (Å²) in [4.78, 5) is 10.7. The predicted octanol–water partition coefficient (Wildman–Crippen LogP) is 1.57. The van der Waals surface area contributed by atoms with E-state index in [-0.39, 0.29) is 5.54 Å². The van der Waals surface area contributed by atoms with Crippen molar-refractivity contribution >= 4 is 17.7 Å². The van der Waals surface area contributed by atoms with Crippen molar-refractivity contribution < 1.29 is 9.90 Å². The molecule has 0 bridgehead atoms. The summed E-state index contributed by atoms with van der Waals surface area (Å²) in [7, 11) is 0. The van der Waals surface area contributed by atoms with E-state index in [0.29, 0.717) is 5.75 Å². The van der Waals surface area contributed by atoms with Crippen LogP contribution in [0.1, 0.15) is 27.7 Å². The first-order valence-electron chi connectivity index (χ1n) is 4.25. The summed E-state index contributed by atoms with van der Waals surface area (Å²) >= 11 is 1.59. The van der Waals surface area contributed by atoms with Crippen LogP contribution >= 0.6 is 11.8 Å². The zero-order valence-electron chi connectivity index (χ0n) is 8.76. The van der Waals surface area contributed by atoms with E-state index in [1.54, 1.807) is 25.6 Å². The van der Waals surface area contributed by atoms with Crippen molar-refractivity contribution in [1.82, 2.24) is 0 Å². The number of rotatable bonds is 5. The molecule has 0 aliphatic carbocycles. The van der Waals surface area contributed by atoms with Gasteiger partial charge >= 0.3 is 5.97 Å². The molecule has 0 unspecified atom stereocenters. The smallest absolute Gasteiger partial charge is 0.309 e. The molecule has 0 spiro atoms. The van der Waals surface area contributed by atoms with Crippen molar-refractivity contribution in [3.63, 3.8) is 0 Å². The highest BCUT2D eigenvalue weighted by Crippen LogP contribution is 2.23. The summed E-state index contributed by atoms with van der Waals surface area (Å²) < 4.78 is 0. The van der Waals surface area contributed by atoms with E-state index in [1.165, 1.54) is 0 Å². The lowest BCUT2D eigenvalue weighted by molar-refractivity contribution is -0.145. The van der Waals surface area contributed by atoms with Crippen molar-refractivity contribution in [3.8, 4) is 0 Å². The maximum Gasteiger partial charge on any atom is 0.309 e. The predicted molar refractivity (Wildman–Crippen MR) is 57.0 cm³/mol. The molecule has 0 aliphatic heterocycles. The van der Waals surface area contributed by atoms with E-state index in [9.17, 15) is 4.79 Å². The lowest BCUT2D eigenvalue weighted by Crippen LogP contribution is -2.36. The summed E-state index contributed by atoms with van der Waals surface area (Å²) in [6.45, 7) is 7.33. The molecule has 0 heterocycles. The van der Waals surface area contributed by atoms with Gasteiger partial charge in [-0.3, -0.25) is 4.79 Å². The Kier molecular flexibility index (Phi) is 4.26. The molecule has 0 radical (unpaired) electrons. The molecular formula is C9H19NO2S. The van der Waals surface area contributed by atoms with Gasteiger partial charge in [0.15, 0.2) is 0 Å². The fraction of sp³-hybridized carbons (Fsp3) is 0.889. The average Bonchev–Trinajstić information content (AvgIpc) is 1.82. The second-order valence-corrected chi connectivity index (χ2v) is 5.66. The maximum atomic E-state index is 10.7. The largest absolute Gasteiger partial charge is 0.481 e. The third-order valence-electron chi connectivity index (χ3n) is 1.52. The molecule has 0 atom stereocenters. The molecule has 0 amide bonds. The van der Waals surface area contributed by atoms with E-state index in [1.807, 2.05) is 13.8 Å². The van der Waals surface area contributed by atoms with Crippen molar-refractivity contribution in [2.75, 3.05) is 11.5 Å². The quantitative estimate of drug-likeness (QED) is 0.715. The summed E-state index contributed by atoms with van der Waals surface area (Å²) in [5.41, 5.74) is 4.89. The monoisotopic (exact) mass is 205 g/mol. The number of nitrogens with two attached hydrogens (primary N) is 1. The summed E-state index contributed by atoms with van der Waals surface area (Å²) in [5, 5.41) is 8.83. The molecule has 13 heavy (non-hydrogen) atoms. The van der Waals surface area contributed by atoms with Crippen LogP contribution in [0.15, 0.2) is 0 Å². The SMILES string of the molecule is CC(C)(N)CSCC(C)(C)C(=O)O. The Labute approximate surface area is 84.1 Å². The molecule has 0 saturated carbocycles. The minimum absolute atomic E-state index is 0.223. The normalized spacial score (nSPS) is 13.0. The Morgan fingerprint density at radius 3 is 2.08 bits per heavy atom. The number of carbonyl (C=O) groups is 1. The third kappa shape index (κ3) is 5.93. The van der Waals surface area contributed by atoms with Crippen LogP contribution < -0.4 is 5.73 Å². The van der Waals surface area contributed by atoms with Gasteiger partial charge in [-0.2, -0.15) is 11.8 Å². The topological polar surface area (TPSA) is 63.3 Å². The lowest BCUT2D eigenvalue weighted by Gasteiger charge is -2.22. The molecule has 4 heteroatoms. The van der Waals surface area contributed by atoms with Crippen molar-refractivity contribution in [2.24, 2.45) is 11.1 Å². The fourth-order valence-electron chi connectivity index (χ4n) is 0.631.